The van der Waals surface area contributed by atoms with Crippen LogP contribution in [0.25, 0.3) is 5.69 Å². The summed E-state index contributed by atoms with van der Waals surface area (Å²) < 4.78 is 12.9. The Labute approximate surface area is 243 Å². The smallest absolute Gasteiger partial charge is 0.335 e. The molecule has 10 heteroatoms. The molecule has 1 fully saturated rings. The first kappa shape index (κ1) is 27.6. The number of anilines is 1. The van der Waals surface area contributed by atoms with Gasteiger partial charge in [-0.15, -0.1) is 0 Å². The summed E-state index contributed by atoms with van der Waals surface area (Å²) in [6.45, 7) is 4.88. The number of ether oxygens (including phenoxy) is 2. The molecule has 5 rings (SSSR count). The number of carbonyl (C=O) groups is 1. The highest BCUT2D eigenvalue weighted by molar-refractivity contribution is 7.80. The number of nitrogens with one attached hydrogen (secondary N) is 1. The highest BCUT2D eigenvalue weighted by Crippen LogP contribution is 2.45. The van der Waals surface area contributed by atoms with Crippen molar-refractivity contribution in [2.75, 3.05) is 25.2 Å². The molecule has 0 radical (unpaired) electrons. The third-order valence-electron chi connectivity index (χ3n) is 6.98. The standard InChI is InChI=1S/C30H29ClN4O4S/c1-18-15-23(19(2)34(18)21-8-6-7-20(16-21)29(36)37)28-27(25-9-4-5-12-32-25)33-30(40)35(28)22-10-11-26(24(31)17-22)39-14-13-38-3/h4-12,15-17,27-28H,13-14H2,1-3H3,(H,33,40)(H,36,37). The van der Waals surface area contributed by atoms with Gasteiger partial charge < -0.3 is 29.4 Å². The van der Waals surface area contributed by atoms with Crippen LogP contribution in [0.2, 0.25) is 5.02 Å². The van der Waals surface area contributed by atoms with Crippen LogP contribution in [-0.2, 0) is 4.74 Å². The molecule has 1 aliphatic heterocycles. The van der Waals surface area contributed by atoms with Crippen LogP contribution < -0.4 is 15.0 Å². The average Bonchev–Trinajstić information content (AvgIpc) is 3.44. The van der Waals surface area contributed by atoms with E-state index in [4.69, 9.17) is 33.3 Å². The lowest BCUT2D eigenvalue weighted by atomic mass is 9.96. The van der Waals surface area contributed by atoms with Crippen LogP contribution in [0.4, 0.5) is 5.69 Å². The zero-order valence-corrected chi connectivity index (χ0v) is 23.9. The summed E-state index contributed by atoms with van der Waals surface area (Å²) in [5.74, 6) is -0.405. The van der Waals surface area contributed by atoms with Crippen LogP contribution >= 0.6 is 23.8 Å². The van der Waals surface area contributed by atoms with Gasteiger partial charge in [-0.3, -0.25) is 4.98 Å². The molecule has 4 aromatic rings. The van der Waals surface area contributed by atoms with Crippen LogP contribution in [0.1, 0.15) is 45.1 Å². The van der Waals surface area contributed by atoms with E-state index in [0.29, 0.717) is 29.1 Å². The van der Waals surface area contributed by atoms with Gasteiger partial charge in [-0.1, -0.05) is 23.7 Å². The molecule has 0 saturated carbocycles. The minimum absolute atomic E-state index is 0.227. The first-order chi connectivity index (χ1) is 19.3. The highest BCUT2D eigenvalue weighted by Gasteiger charge is 2.42. The van der Waals surface area contributed by atoms with Gasteiger partial charge in [0.1, 0.15) is 12.4 Å². The zero-order valence-electron chi connectivity index (χ0n) is 22.3. The Morgan fingerprint density at radius 3 is 2.60 bits per heavy atom. The predicted octanol–water partition coefficient (Wildman–Crippen LogP) is 6.04. The molecule has 0 amide bonds. The minimum atomic E-state index is -0.970. The van der Waals surface area contributed by atoms with Gasteiger partial charge in [-0.05, 0) is 86.2 Å². The number of nitrogens with zero attached hydrogens (tertiary/aromatic N) is 3. The fourth-order valence-electron chi connectivity index (χ4n) is 5.20. The lowest BCUT2D eigenvalue weighted by Crippen LogP contribution is -2.29. The number of halogens is 1. The molecule has 40 heavy (non-hydrogen) atoms. The Bertz CT molecular complexity index is 1560. The topological polar surface area (TPSA) is 88.9 Å². The second kappa shape index (κ2) is 11.7. The fraction of sp³-hybridized carbons (Fsp3) is 0.233. The van der Waals surface area contributed by atoms with Gasteiger partial charge >= 0.3 is 5.97 Å². The van der Waals surface area contributed by atoms with Crippen LogP contribution in [0.3, 0.4) is 0 Å². The second-order valence-electron chi connectivity index (χ2n) is 9.47. The monoisotopic (exact) mass is 576 g/mol. The normalized spacial score (nSPS) is 16.7. The van der Waals surface area contributed by atoms with Gasteiger partial charge in [-0.2, -0.15) is 0 Å². The van der Waals surface area contributed by atoms with Crippen molar-refractivity contribution in [2.45, 2.75) is 25.9 Å². The molecule has 2 unspecified atom stereocenters. The maximum absolute atomic E-state index is 11.7. The maximum atomic E-state index is 11.7. The van der Waals surface area contributed by atoms with Gasteiger partial charge in [0.05, 0.1) is 35.0 Å². The van der Waals surface area contributed by atoms with E-state index >= 15 is 0 Å². The van der Waals surface area contributed by atoms with Crippen molar-refractivity contribution in [2.24, 2.45) is 0 Å². The van der Waals surface area contributed by atoms with E-state index in [9.17, 15) is 9.90 Å². The number of hydrogen-bond acceptors (Lipinski definition) is 5. The van der Waals surface area contributed by atoms with E-state index < -0.39 is 5.97 Å². The number of benzene rings is 2. The molecule has 2 aromatic heterocycles. The molecule has 206 valence electrons. The number of rotatable bonds is 9. The van der Waals surface area contributed by atoms with Crippen molar-refractivity contribution in [1.29, 1.82) is 0 Å². The molecule has 0 aliphatic carbocycles. The third kappa shape index (κ3) is 5.28. The molecule has 8 nitrogen and oxygen atoms in total. The number of methoxy groups -OCH3 is 1. The lowest BCUT2D eigenvalue weighted by Gasteiger charge is -2.28. The Balaban J connectivity index is 1.61. The van der Waals surface area contributed by atoms with E-state index in [2.05, 4.69) is 25.8 Å². The van der Waals surface area contributed by atoms with Crippen LogP contribution in [0.5, 0.6) is 5.75 Å². The first-order valence-corrected chi connectivity index (χ1v) is 13.5. The lowest BCUT2D eigenvalue weighted by molar-refractivity contribution is 0.0697. The summed E-state index contributed by atoms with van der Waals surface area (Å²) >= 11 is 12.5. The molecular formula is C30H29ClN4O4S. The summed E-state index contributed by atoms with van der Waals surface area (Å²) in [5.41, 5.74) is 5.61. The summed E-state index contributed by atoms with van der Waals surface area (Å²) in [6.07, 6.45) is 1.77. The van der Waals surface area contributed by atoms with Gasteiger partial charge in [0.15, 0.2) is 5.11 Å². The number of aromatic nitrogens is 2. The Kier molecular flexibility index (Phi) is 8.07. The molecule has 0 spiro atoms. The van der Waals surface area contributed by atoms with Crippen molar-refractivity contribution in [1.82, 2.24) is 14.9 Å². The average molecular weight is 577 g/mol. The van der Waals surface area contributed by atoms with Crippen LogP contribution in [-0.4, -0.2) is 46.1 Å². The zero-order chi connectivity index (χ0) is 28.4. The number of aromatic carboxylic acids is 1. The number of aryl methyl sites for hydroxylation is 1. The second-order valence-corrected chi connectivity index (χ2v) is 10.3. The molecule has 3 heterocycles. The Morgan fingerprint density at radius 2 is 1.90 bits per heavy atom. The summed E-state index contributed by atoms with van der Waals surface area (Å²) in [5, 5.41) is 14.0. The number of hydrogen-bond donors (Lipinski definition) is 2. The molecule has 2 aromatic carbocycles. The number of thiocarbonyl (C=S) groups is 1. The summed E-state index contributed by atoms with van der Waals surface area (Å²) in [6, 6.07) is 20.0. The summed E-state index contributed by atoms with van der Waals surface area (Å²) in [7, 11) is 1.62. The highest BCUT2D eigenvalue weighted by atomic mass is 35.5. The van der Waals surface area contributed by atoms with Crippen molar-refractivity contribution in [3.05, 3.63) is 106 Å². The largest absolute Gasteiger partial charge is 0.490 e. The molecular weight excluding hydrogens is 548 g/mol. The Morgan fingerprint density at radius 1 is 1.07 bits per heavy atom. The number of pyridine rings is 1. The van der Waals surface area contributed by atoms with E-state index in [1.807, 2.05) is 56.3 Å². The van der Waals surface area contributed by atoms with Crippen molar-refractivity contribution < 1.29 is 19.4 Å². The van der Waals surface area contributed by atoms with Crippen molar-refractivity contribution >= 4 is 40.6 Å². The molecule has 1 aliphatic rings. The van der Waals surface area contributed by atoms with Gasteiger partial charge in [0, 0.05) is 36.1 Å². The quantitative estimate of drug-likeness (QED) is 0.184. The van der Waals surface area contributed by atoms with E-state index in [-0.39, 0.29) is 17.6 Å². The number of carboxylic acids is 1. The van der Waals surface area contributed by atoms with E-state index in [0.717, 1.165) is 34.0 Å². The summed E-state index contributed by atoms with van der Waals surface area (Å²) in [4.78, 5) is 18.4. The molecule has 2 N–H and O–H groups in total. The molecule has 2 atom stereocenters. The van der Waals surface area contributed by atoms with E-state index in [1.165, 1.54) is 0 Å². The van der Waals surface area contributed by atoms with Gasteiger partial charge in [0.2, 0.25) is 0 Å². The van der Waals surface area contributed by atoms with Crippen molar-refractivity contribution in [3.63, 3.8) is 0 Å². The SMILES string of the molecule is COCCOc1ccc(N2C(=S)NC(c3ccccn3)C2c2cc(C)n(-c3cccc(C(=O)O)c3)c2C)cc1Cl. The van der Waals surface area contributed by atoms with E-state index in [1.54, 1.807) is 31.5 Å². The third-order valence-corrected chi connectivity index (χ3v) is 7.59. The molecule has 0 bridgehead atoms. The van der Waals surface area contributed by atoms with Crippen LogP contribution in [0.15, 0.2) is 72.9 Å². The van der Waals surface area contributed by atoms with Gasteiger partial charge in [-0.25, -0.2) is 4.79 Å². The number of carboxylic acid groups (broad SMARTS) is 1. The molecule has 1 saturated heterocycles. The van der Waals surface area contributed by atoms with Crippen LogP contribution in [0, 0.1) is 13.8 Å². The first-order valence-electron chi connectivity index (χ1n) is 12.7. The Hall–Kier alpha value is -3.92. The minimum Gasteiger partial charge on any atom is -0.490 e. The maximum Gasteiger partial charge on any atom is 0.335 e. The van der Waals surface area contributed by atoms with Gasteiger partial charge in [0.25, 0.3) is 0 Å². The fourth-order valence-corrected chi connectivity index (χ4v) is 5.78. The van der Waals surface area contributed by atoms with Crippen molar-refractivity contribution in [3.8, 4) is 11.4 Å². The predicted molar refractivity (Wildman–Crippen MR) is 159 cm³/mol.